The number of nitrogens with one attached hydrogen (secondary N) is 1. The fraction of sp³-hybridized carbons (Fsp3) is 0.333. The van der Waals surface area contributed by atoms with Crippen molar-refractivity contribution >= 4 is 0 Å². The van der Waals surface area contributed by atoms with Gasteiger partial charge in [-0.05, 0) is 36.2 Å². The number of likely N-dealkylation sites (N-methyl/N-ethyl adjacent to an activating group) is 1. The molecule has 2 rings (SSSR count). The lowest BCUT2D eigenvalue weighted by Crippen LogP contribution is -2.30. The van der Waals surface area contributed by atoms with Crippen molar-refractivity contribution in [1.82, 2.24) is 5.32 Å². The zero-order chi connectivity index (χ0) is 14.2. The van der Waals surface area contributed by atoms with Crippen molar-refractivity contribution in [3.05, 3.63) is 54.6 Å². The average Bonchev–Trinajstić information content (AvgIpc) is 2.53. The first-order valence-corrected chi connectivity index (χ1v) is 7.36. The van der Waals surface area contributed by atoms with Gasteiger partial charge in [0.2, 0.25) is 0 Å². The molecule has 2 nitrogen and oxygen atoms in total. The monoisotopic (exact) mass is 269 g/mol. The number of hydrogen-bond donors (Lipinski definition) is 1. The highest BCUT2D eigenvalue weighted by Gasteiger charge is 2.07. The minimum Gasteiger partial charge on any atom is -0.489 e. The highest BCUT2D eigenvalue weighted by Crippen LogP contribution is 2.22. The summed E-state index contributed by atoms with van der Waals surface area (Å²) in [6.07, 6.45) is 1.24. The normalized spacial score (nSPS) is 12.1. The van der Waals surface area contributed by atoms with Crippen molar-refractivity contribution in [3.63, 3.8) is 0 Å². The minimum atomic E-state index is 0.234. The number of hydrogen-bond acceptors (Lipinski definition) is 2. The molecule has 0 bridgehead atoms. The van der Waals surface area contributed by atoms with Crippen LogP contribution >= 0.6 is 0 Å². The molecule has 1 atom stereocenters. The van der Waals surface area contributed by atoms with Crippen LogP contribution in [0.25, 0.3) is 11.1 Å². The van der Waals surface area contributed by atoms with Gasteiger partial charge in [-0.15, -0.1) is 0 Å². The van der Waals surface area contributed by atoms with E-state index in [-0.39, 0.29) is 6.10 Å². The van der Waals surface area contributed by atoms with E-state index >= 15 is 0 Å². The topological polar surface area (TPSA) is 21.3 Å². The lowest BCUT2D eigenvalue weighted by atomic mass is 10.1. The van der Waals surface area contributed by atoms with Gasteiger partial charge in [0.1, 0.15) is 11.9 Å². The molecule has 2 aromatic rings. The molecule has 2 aromatic carbocycles. The van der Waals surface area contributed by atoms with Gasteiger partial charge in [0.15, 0.2) is 0 Å². The van der Waals surface area contributed by atoms with Crippen molar-refractivity contribution in [3.8, 4) is 16.9 Å². The molecule has 0 spiro atoms. The second kappa shape index (κ2) is 7.71. The van der Waals surface area contributed by atoms with E-state index in [4.69, 9.17) is 4.74 Å². The van der Waals surface area contributed by atoms with Gasteiger partial charge >= 0.3 is 0 Å². The summed E-state index contributed by atoms with van der Waals surface area (Å²) in [5.74, 6) is 0.939. The zero-order valence-corrected chi connectivity index (χ0v) is 12.3. The van der Waals surface area contributed by atoms with Gasteiger partial charge in [0.25, 0.3) is 0 Å². The maximum absolute atomic E-state index is 5.99. The van der Waals surface area contributed by atoms with Gasteiger partial charge in [-0.1, -0.05) is 56.3 Å². The van der Waals surface area contributed by atoms with Crippen molar-refractivity contribution < 1.29 is 4.74 Å². The lowest BCUT2D eigenvalue weighted by Gasteiger charge is -2.18. The molecular weight excluding hydrogens is 246 g/mol. The third-order valence-electron chi connectivity index (χ3n) is 3.34. The van der Waals surface area contributed by atoms with Crippen LogP contribution in [0.3, 0.4) is 0 Å². The molecule has 0 aliphatic carbocycles. The maximum Gasteiger partial charge on any atom is 0.119 e. The fourth-order valence-electron chi connectivity index (χ4n) is 2.12. The summed E-state index contributed by atoms with van der Waals surface area (Å²) in [6.45, 7) is 6.14. The standard InChI is InChI=1S/C18H23NO/c1-3-17(14-19-4-2)20-18-12-10-16(11-13-18)15-8-6-5-7-9-15/h5-13,17,19H,3-4,14H2,1-2H3. The first-order valence-electron chi connectivity index (χ1n) is 7.36. The van der Waals surface area contributed by atoms with Crippen LogP contribution in [-0.2, 0) is 0 Å². The molecule has 2 heteroatoms. The average molecular weight is 269 g/mol. The van der Waals surface area contributed by atoms with Crippen LogP contribution in [0, 0.1) is 0 Å². The van der Waals surface area contributed by atoms with Gasteiger partial charge in [-0.2, -0.15) is 0 Å². The lowest BCUT2D eigenvalue weighted by molar-refractivity contribution is 0.194. The van der Waals surface area contributed by atoms with Crippen LogP contribution < -0.4 is 10.1 Å². The van der Waals surface area contributed by atoms with E-state index in [1.165, 1.54) is 11.1 Å². The van der Waals surface area contributed by atoms with Crippen LogP contribution in [0.15, 0.2) is 54.6 Å². The minimum absolute atomic E-state index is 0.234. The predicted molar refractivity (Wildman–Crippen MR) is 85.1 cm³/mol. The SMILES string of the molecule is CCNCC(CC)Oc1ccc(-c2ccccc2)cc1. The Balaban J connectivity index is 2.01. The molecular formula is C18H23NO. The molecule has 20 heavy (non-hydrogen) atoms. The molecule has 0 saturated heterocycles. The van der Waals surface area contributed by atoms with E-state index in [0.717, 1.165) is 25.3 Å². The summed E-state index contributed by atoms with van der Waals surface area (Å²) in [7, 11) is 0. The van der Waals surface area contributed by atoms with Crippen molar-refractivity contribution in [2.45, 2.75) is 26.4 Å². The second-order valence-corrected chi connectivity index (χ2v) is 4.85. The van der Waals surface area contributed by atoms with E-state index in [0.29, 0.717) is 0 Å². The number of rotatable bonds is 7. The van der Waals surface area contributed by atoms with Crippen molar-refractivity contribution in [2.24, 2.45) is 0 Å². The van der Waals surface area contributed by atoms with E-state index in [2.05, 4.69) is 67.7 Å². The summed E-state index contributed by atoms with van der Waals surface area (Å²) in [5, 5.41) is 3.33. The third-order valence-corrected chi connectivity index (χ3v) is 3.34. The molecule has 0 fully saturated rings. The molecule has 0 heterocycles. The second-order valence-electron chi connectivity index (χ2n) is 4.85. The summed E-state index contributed by atoms with van der Waals surface area (Å²) >= 11 is 0. The first-order chi connectivity index (χ1) is 9.83. The van der Waals surface area contributed by atoms with Crippen molar-refractivity contribution in [2.75, 3.05) is 13.1 Å². The summed E-state index contributed by atoms with van der Waals surface area (Å²) in [6, 6.07) is 18.7. The Morgan fingerprint density at radius 1 is 0.900 bits per heavy atom. The van der Waals surface area contributed by atoms with Crippen LogP contribution in [-0.4, -0.2) is 19.2 Å². The highest BCUT2D eigenvalue weighted by molar-refractivity contribution is 5.63. The molecule has 1 N–H and O–H groups in total. The Bertz CT molecular complexity index is 493. The molecule has 0 aliphatic heterocycles. The molecule has 106 valence electrons. The van der Waals surface area contributed by atoms with Gasteiger partial charge in [-0.25, -0.2) is 0 Å². The maximum atomic E-state index is 5.99. The Morgan fingerprint density at radius 3 is 2.15 bits per heavy atom. The quantitative estimate of drug-likeness (QED) is 0.816. The van der Waals surface area contributed by atoms with Gasteiger partial charge in [-0.3, -0.25) is 0 Å². The Morgan fingerprint density at radius 2 is 1.55 bits per heavy atom. The van der Waals surface area contributed by atoms with E-state index in [1.54, 1.807) is 0 Å². The first kappa shape index (κ1) is 14.6. The molecule has 0 amide bonds. The smallest absolute Gasteiger partial charge is 0.119 e. The molecule has 0 aliphatic rings. The molecule has 0 radical (unpaired) electrons. The van der Waals surface area contributed by atoms with E-state index in [1.807, 2.05) is 6.07 Å². The van der Waals surface area contributed by atoms with Crippen LogP contribution in [0.5, 0.6) is 5.75 Å². The fourth-order valence-corrected chi connectivity index (χ4v) is 2.12. The van der Waals surface area contributed by atoms with E-state index in [9.17, 15) is 0 Å². The predicted octanol–water partition coefficient (Wildman–Crippen LogP) is 4.12. The summed E-state index contributed by atoms with van der Waals surface area (Å²) in [4.78, 5) is 0. The Kier molecular flexibility index (Phi) is 5.63. The van der Waals surface area contributed by atoms with Crippen LogP contribution in [0.2, 0.25) is 0 Å². The Labute approximate surface area is 121 Å². The van der Waals surface area contributed by atoms with E-state index < -0.39 is 0 Å². The van der Waals surface area contributed by atoms with Crippen LogP contribution in [0.4, 0.5) is 0 Å². The molecule has 0 aromatic heterocycles. The van der Waals surface area contributed by atoms with Gasteiger partial charge in [0.05, 0.1) is 0 Å². The van der Waals surface area contributed by atoms with Gasteiger partial charge in [0, 0.05) is 6.54 Å². The zero-order valence-electron chi connectivity index (χ0n) is 12.3. The molecule has 0 saturated carbocycles. The number of ether oxygens (including phenoxy) is 1. The van der Waals surface area contributed by atoms with Gasteiger partial charge < -0.3 is 10.1 Å². The highest BCUT2D eigenvalue weighted by atomic mass is 16.5. The largest absolute Gasteiger partial charge is 0.489 e. The van der Waals surface area contributed by atoms with Crippen molar-refractivity contribution in [1.29, 1.82) is 0 Å². The summed E-state index contributed by atoms with van der Waals surface area (Å²) in [5.41, 5.74) is 2.46. The number of benzene rings is 2. The summed E-state index contributed by atoms with van der Waals surface area (Å²) < 4.78 is 5.99. The van der Waals surface area contributed by atoms with Crippen LogP contribution in [0.1, 0.15) is 20.3 Å². The molecule has 1 unspecified atom stereocenters. The third kappa shape index (κ3) is 4.10. The Hall–Kier alpha value is -1.80.